The van der Waals surface area contributed by atoms with Gasteiger partial charge in [-0.05, 0) is 49.2 Å². The van der Waals surface area contributed by atoms with Crippen LogP contribution in [0.5, 0.6) is 5.75 Å². The van der Waals surface area contributed by atoms with Gasteiger partial charge in [-0.25, -0.2) is 9.97 Å². The minimum atomic E-state index is -0.472. The third-order valence-corrected chi connectivity index (χ3v) is 15.0. The van der Waals surface area contributed by atoms with Crippen molar-refractivity contribution in [2.75, 3.05) is 6.61 Å². The van der Waals surface area contributed by atoms with Crippen LogP contribution in [-0.2, 0) is 0 Å². The van der Waals surface area contributed by atoms with Gasteiger partial charge in [-0.2, -0.15) is 10.5 Å². The van der Waals surface area contributed by atoms with Crippen molar-refractivity contribution >= 4 is 101 Å². The van der Waals surface area contributed by atoms with Crippen LogP contribution in [0.3, 0.4) is 0 Å². The summed E-state index contributed by atoms with van der Waals surface area (Å²) in [5.74, 6) is 0.537. The Hall–Kier alpha value is -8.21. The van der Waals surface area contributed by atoms with Gasteiger partial charge in [0, 0.05) is 22.0 Å². The highest BCUT2D eigenvalue weighted by atomic mass is 32.1. The summed E-state index contributed by atoms with van der Waals surface area (Å²) < 4.78 is 13.4. The molecule has 11 aromatic rings. The average molecular weight is 939 g/mol. The van der Waals surface area contributed by atoms with E-state index in [2.05, 4.69) is 150 Å². The summed E-state index contributed by atoms with van der Waals surface area (Å²) in [5.41, 5.74) is 9.24. The summed E-state index contributed by atoms with van der Waals surface area (Å²) in [4.78, 5) is 10.5. The third kappa shape index (κ3) is 7.70. The van der Waals surface area contributed by atoms with E-state index >= 15 is 0 Å². The van der Waals surface area contributed by atoms with Crippen LogP contribution in [0.15, 0.2) is 194 Å². The highest BCUT2D eigenvalue weighted by molar-refractivity contribution is 7.20. The van der Waals surface area contributed by atoms with Crippen molar-refractivity contribution in [1.82, 2.24) is 18.9 Å². The van der Waals surface area contributed by atoms with Crippen LogP contribution in [0.1, 0.15) is 42.4 Å². The van der Waals surface area contributed by atoms with Crippen LogP contribution < -0.4 is 37.3 Å². The topological polar surface area (TPSA) is 92.4 Å². The Bertz CT molecular complexity index is 3680. The van der Waals surface area contributed by atoms with Crippen LogP contribution in [0.25, 0.3) is 53.6 Å². The maximum Gasteiger partial charge on any atom is 0.328 e. The van der Waals surface area contributed by atoms with Crippen molar-refractivity contribution in [3.8, 4) is 29.1 Å². The van der Waals surface area contributed by atoms with E-state index in [0.717, 1.165) is 70.0 Å². The summed E-state index contributed by atoms with van der Waals surface area (Å²) in [7, 11) is 0. The number of thiazole rings is 2. The molecule has 7 aromatic carbocycles. The monoisotopic (exact) mass is 938 g/mol. The maximum atomic E-state index is 12.0. The summed E-state index contributed by atoms with van der Waals surface area (Å²) in [6, 6.07) is 71.9. The van der Waals surface area contributed by atoms with E-state index in [-0.39, 0.29) is 5.92 Å². The molecule has 0 atom stereocenters. The predicted octanol–water partition coefficient (Wildman–Crippen LogP) is 9.60. The molecule has 0 unspecified atom stereocenters. The first-order valence-corrected chi connectivity index (χ1v) is 25.1. The van der Waals surface area contributed by atoms with Gasteiger partial charge in [0.25, 0.3) is 0 Å². The van der Waals surface area contributed by atoms with Gasteiger partial charge in [0.15, 0.2) is 0 Å². The molecule has 334 valence electrons. The summed E-state index contributed by atoms with van der Waals surface area (Å²) >= 11 is 3.03. The van der Waals surface area contributed by atoms with Gasteiger partial charge in [0.05, 0.1) is 43.4 Å². The number of nitrogens with zero attached hydrogens (tertiary/aromatic N) is 6. The molecule has 4 aromatic heterocycles. The van der Waals surface area contributed by atoms with E-state index in [4.69, 9.17) is 14.7 Å². The minimum absolute atomic E-state index is 0.145. The van der Waals surface area contributed by atoms with E-state index < -0.39 is 13.7 Å². The second-order valence-electron chi connectivity index (χ2n) is 17.4. The van der Waals surface area contributed by atoms with Gasteiger partial charge < -0.3 is 13.7 Å². The summed E-state index contributed by atoms with van der Waals surface area (Å²) in [5, 5.41) is 28.4. The van der Waals surface area contributed by atoms with Gasteiger partial charge in [0.2, 0.25) is 0 Å². The molecule has 0 saturated heterocycles. The van der Waals surface area contributed by atoms with E-state index in [1.807, 2.05) is 85.8 Å². The lowest BCUT2D eigenvalue weighted by atomic mass is 9.50. The lowest BCUT2D eigenvalue weighted by Crippen LogP contribution is -2.54. The number of aromatic nitrogens is 4. The quantitative estimate of drug-likeness (QED) is 0.114. The number of para-hydroxylation sites is 3. The zero-order valence-corrected chi connectivity index (χ0v) is 40.5. The normalized spacial score (nSPS) is 12.3. The zero-order valence-electron chi connectivity index (χ0n) is 38.8. The fourth-order valence-electron chi connectivity index (χ4n) is 10.1. The SMILES string of the molecule is CCOc1ccccc1-c1c2/c(=C(\C#N)c3nc4ccccc4s3)n(B(c3ccccc3)c3ccccc3)c(C(C)C)c2/c(=C(\C#N)c2nc3ccccc3s2)n1B(c1ccccc1)c1ccccc1. The summed E-state index contributed by atoms with van der Waals surface area (Å²) in [6.07, 6.45) is 0. The van der Waals surface area contributed by atoms with Crippen LogP contribution in [0, 0.1) is 22.7 Å². The van der Waals surface area contributed by atoms with Gasteiger partial charge in [-0.1, -0.05) is 193 Å². The number of fused-ring (bicyclic) bond motifs is 3. The number of rotatable bonds is 12. The second-order valence-corrected chi connectivity index (χ2v) is 19.5. The number of nitriles is 2. The Morgan fingerprint density at radius 1 is 0.529 bits per heavy atom. The predicted molar refractivity (Wildman–Crippen MR) is 292 cm³/mol. The van der Waals surface area contributed by atoms with E-state index in [0.29, 0.717) is 44.2 Å². The Balaban J connectivity index is 1.51. The molecule has 11 rings (SSSR count). The molecule has 7 nitrogen and oxygen atoms in total. The minimum Gasteiger partial charge on any atom is -0.493 e. The first-order valence-electron chi connectivity index (χ1n) is 23.5. The lowest BCUT2D eigenvalue weighted by Gasteiger charge is -2.25. The van der Waals surface area contributed by atoms with Crippen molar-refractivity contribution < 1.29 is 4.74 Å². The lowest BCUT2D eigenvalue weighted by molar-refractivity contribution is 0.341. The molecule has 0 N–H and O–H groups in total. The van der Waals surface area contributed by atoms with Crippen molar-refractivity contribution in [3.63, 3.8) is 0 Å². The Morgan fingerprint density at radius 2 is 0.929 bits per heavy atom. The maximum absolute atomic E-state index is 12.0. The van der Waals surface area contributed by atoms with E-state index in [9.17, 15) is 10.5 Å². The van der Waals surface area contributed by atoms with Crippen molar-refractivity contribution in [1.29, 1.82) is 10.5 Å². The molecular formula is C59H44B2N6OS2. The molecular weight excluding hydrogens is 894 g/mol. The number of hydrogen-bond acceptors (Lipinski definition) is 7. The van der Waals surface area contributed by atoms with Crippen LogP contribution in [0.2, 0.25) is 0 Å². The fraction of sp³-hybridized carbons (Fsp3) is 0.0847. The largest absolute Gasteiger partial charge is 0.493 e. The van der Waals surface area contributed by atoms with Gasteiger partial charge >= 0.3 is 13.7 Å². The molecule has 0 spiro atoms. The van der Waals surface area contributed by atoms with Crippen molar-refractivity contribution in [2.45, 2.75) is 26.7 Å². The van der Waals surface area contributed by atoms with Crippen LogP contribution >= 0.6 is 22.7 Å². The van der Waals surface area contributed by atoms with Gasteiger partial charge in [0.1, 0.15) is 39.0 Å². The molecule has 0 bridgehead atoms. The molecule has 0 amide bonds. The Morgan fingerprint density at radius 3 is 1.36 bits per heavy atom. The second kappa shape index (κ2) is 19.1. The summed E-state index contributed by atoms with van der Waals surface area (Å²) in [6.45, 7) is 5.97. The molecule has 0 radical (unpaired) electrons. The van der Waals surface area contributed by atoms with Crippen molar-refractivity contribution in [2.24, 2.45) is 0 Å². The van der Waals surface area contributed by atoms with E-state index in [1.165, 1.54) is 22.7 Å². The van der Waals surface area contributed by atoms with Gasteiger partial charge in [-0.15, -0.1) is 22.7 Å². The first-order chi connectivity index (χ1) is 34.5. The molecule has 0 aliphatic rings. The standard InChI is InChI=1S/C59H44B2N6OS2/c1-4-68-49-34-20-17-31-44(49)55-53-52(56(45(37-62)58-64-47-32-18-21-35-50(47)69-58)67(55)61(42-27-13-7-14-28-42)43-29-15-8-16-30-43)54(39(2)3)66(60(40-23-9-5-10-24-40)41-25-11-6-12-26-41)57(53)46(38-63)59-65-48-33-19-22-36-51(48)70-59/h5-36,39H,4H2,1-3H3/b56-45-,57-46-. The number of hydrogen-bond donors (Lipinski definition) is 0. The third-order valence-electron chi connectivity index (χ3n) is 12.9. The fourth-order valence-corrected chi connectivity index (χ4v) is 12.0. The van der Waals surface area contributed by atoms with Crippen LogP contribution in [0.4, 0.5) is 0 Å². The van der Waals surface area contributed by atoms with Gasteiger partial charge in [-0.3, -0.25) is 0 Å². The molecule has 0 fully saturated rings. The molecule has 0 aliphatic carbocycles. The smallest absolute Gasteiger partial charge is 0.328 e. The number of ether oxygens (including phenoxy) is 1. The number of benzene rings is 7. The Labute approximate surface area is 415 Å². The van der Waals surface area contributed by atoms with E-state index in [1.54, 1.807) is 0 Å². The van der Waals surface area contributed by atoms with Crippen molar-refractivity contribution in [3.05, 3.63) is 221 Å². The first kappa shape index (κ1) is 44.3. The highest BCUT2D eigenvalue weighted by Gasteiger charge is 2.38. The highest BCUT2D eigenvalue weighted by Crippen LogP contribution is 2.39. The molecule has 70 heavy (non-hydrogen) atoms. The molecule has 11 heteroatoms. The molecule has 0 saturated carbocycles. The van der Waals surface area contributed by atoms with Crippen LogP contribution in [-0.4, -0.2) is 39.2 Å². The molecule has 0 aliphatic heterocycles. The zero-order chi connectivity index (χ0) is 47.7. The Kier molecular flexibility index (Phi) is 12.1. The molecule has 4 heterocycles. The average Bonchev–Trinajstić information content (AvgIpc) is 4.18.